The van der Waals surface area contributed by atoms with Crippen molar-refractivity contribution >= 4 is 17.5 Å². The molecule has 2 fully saturated rings. The number of hydrogen-bond donors (Lipinski definition) is 3. The number of ether oxygens (including phenoxy) is 1. The first-order valence-electron chi connectivity index (χ1n) is 9.33. The molecule has 0 spiro atoms. The highest BCUT2D eigenvalue weighted by Gasteiger charge is 2.26. The number of para-hydroxylation sites is 1. The Balaban J connectivity index is 1.46. The fourth-order valence-electron chi connectivity index (χ4n) is 3.24. The number of rotatable bonds is 7. The number of anilines is 1. The molecule has 1 aromatic carbocycles. The quantitative estimate of drug-likeness (QED) is 0.628. The second-order valence-electron chi connectivity index (χ2n) is 6.88. The van der Waals surface area contributed by atoms with E-state index in [2.05, 4.69) is 10.6 Å². The van der Waals surface area contributed by atoms with Crippen molar-refractivity contribution in [2.75, 3.05) is 44.7 Å². The van der Waals surface area contributed by atoms with E-state index >= 15 is 0 Å². The van der Waals surface area contributed by atoms with Crippen LogP contribution < -0.4 is 15.5 Å². The van der Waals surface area contributed by atoms with Crippen LogP contribution in [0.1, 0.15) is 36.0 Å². The third-order valence-corrected chi connectivity index (χ3v) is 5.10. The van der Waals surface area contributed by atoms with Gasteiger partial charge in [0.05, 0.1) is 31.0 Å². The van der Waals surface area contributed by atoms with Crippen LogP contribution in [0.25, 0.3) is 0 Å². The van der Waals surface area contributed by atoms with Crippen LogP contribution in [-0.2, 0) is 9.53 Å². The summed E-state index contributed by atoms with van der Waals surface area (Å²) in [6, 6.07) is 7.23. The van der Waals surface area contributed by atoms with Crippen LogP contribution in [0.4, 0.5) is 5.69 Å². The van der Waals surface area contributed by atoms with Crippen LogP contribution in [0, 0.1) is 5.92 Å². The number of benzene rings is 1. The summed E-state index contributed by atoms with van der Waals surface area (Å²) < 4.78 is 5.35. The van der Waals surface area contributed by atoms with Gasteiger partial charge in [0, 0.05) is 18.9 Å². The second-order valence-corrected chi connectivity index (χ2v) is 6.88. The SMILES string of the molecule is O=C(NCCC[NH+]1CCOCC1)c1ccccc1NC(=O)C1CCC1. The molecule has 6 heteroatoms. The molecule has 6 nitrogen and oxygen atoms in total. The number of morpholine rings is 1. The van der Waals surface area contributed by atoms with Crippen LogP contribution >= 0.6 is 0 Å². The first-order valence-corrected chi connectivity index (χ1v) is 9.33. The van der Waals surface area contributed by atoms with Gasteiger partial charge >= 0.3 is 0 Å². The van der Waals surface area contributed by atoms with Crippen LogP contribution in [0.15, 0.2) is 24.3 Å². The van der Waals surface area contributed by atoms with Gasteiger partial charge in [0.25, 0.3) is 5.91 Å². The van der Waals surface area contributed by atoms with Gasteiger partial charge in [0.15, 0.2) is 0 Å². The Morgan fingerprint density at radius 2 is 1.92 bits per heavy atom. The molecular weight excluding hydrogens is 318 g/mol. The minimum Gasteiger partial charge on any atom is -0.370 e. The summed E-state index contributed by atoms with van der Waals surface area (Å²) in [7, 11) is 0. The van der Waals surface area contributed by atoms with E-state index < -0.39 is 0 Å². The third-order valence-electron chi connectivity index (χ3n) is 5.10. The van der Waals surface area contributed by atoms with E-state index in [4.69, 9.17) is 4.74 Å². The zero-order chi connectivity index (χ0) is 17.5. The maximum atomic E-state index is 12.5. The first-order chi connectivity index (χ1) is 12.2. The van der Waals surface area contributed by atoms with Crippen molar-refractivity contribution in [2.24, 2.45) is 5.92 Å². The highest BCUT2D eigenvalue weighted by Crippen LogP contribution is 2.28. The molecule has 2 aliphatic rings. The minimum absolute atomic E-state index is 0.0300. The molecule has 1 saturated heterocycles. The molecule has 0 atom stereocenters. The van der Waals surface area contributed by atoms with E-state index in [1.807, 2.05) is 12.1 Å². The lowest BCUT2D eigenvalue weighted by atomic mass is 9.85. The summed E-state index contributed by atoms with van der Waals surface area (Å²) in [5, 5.41) is 5.89. The van der Waals surface area contributed by atoms with Crippen molar-refractivity contribution in [3.05, 3.63) is 29.8 Å². The standard InChI is InChI=1S/C19H27N3O3/c23-18(15-5-3-6-15)21-17-8-2-1-7-16(17)19(24)20-9-4-10-22-11-13-25-14-12-22/h1-2,7-8,15H,3-6,9-14H2,(H,20,24)(H,21,23)/p+1. The van der Waals surface area contributed by atoms with Crippen molar-refractivity contribution in [3.63, 3.8) is 0 Å². The van der Waals surface area contributed by atoms with Gasteiger partial charge in [-0.15, -0.1) is 0 Å². The van der Waals surface area contributed by atoms with Crippen molar-refractivity contribution in [2.45, 2.75) is 25.7 Å². The average Bonchev–Trinajstić information content (AvgIpc) is 2.58. The molecule has 0 unspecified atom stereocenters. The molecule has 0 radical (unpaired) electrons. The normalized spacial score (nSPS) is 18.4. The fraction of sp³-hybridized carbons (Fsp3) is 0.579. The summed E-state index contributed by atoms with van der Waals surface area (Å²) in [5.41, 5.74) is 1.14. The number of carbonyl (C=O) groups is 2. The molecule has 1 saturated carbocycles. The summed E-state index contributed by atoms with van der Waals surface area (Å²) in [4.78, 5) is 26.1. The smallest absolute Gasteiger partial charge is 0.253 e. The number of quaternary nitrogens is 1. The average molecular weight is 346 g/mol. The van der Waals surface area contributed by atoms with Gasteiger partial charge < -0.3 is 20.3 Å². The topological polar surface area (TPSA) is 71.9 Å². The molecule has 25 heavy (non-hydrogen) atoms. The Hall–Kier alpha value is -1.92. The predicted molar refractivity (Wildman–Crippen MR) is 95.7 cm³/mol. The molecule has 2 amide bonds. The fourth-order valence-corrected chi connectivity index (χ4v) is 3.24. The lowest BCUT2D eigenvalue weighted by Crippen LogP contribution is -3.14. The summed E-state index contributed by atoms with van der Waals surface area (Å²) in [6.07, 6.45) is 3.96. The van der Waals surface area contributed by atoms with E-state index in [1.165, 1.54) is 4.90 Å². The third kappa shape index (κ3) is 5.03. The Morgan fingerprint density at radius 3 is 2.64 bits per heavy atom. The van der Waals surface area contributed by atoms with E-state index in [-0.39, 0.29) is 17.7 Å². The lowest BCUT2D eigenvalue weighted by molar-refractivity contribution is -0.908. The largest absolute Gasteiger partial charge is 0.370 e. The van der Waals surface area contributed by atoms with Gasteiger partial charge in [-0.05, 0) is 25.0 Å². The minimum atomic E-state index is -0.124. The lowest BCUT2D eigenvalue weighted by Gasteiger charge is -2.24. The van der Waals surface area contributed by atoms with Gasteiger partial charge in [-0.25, -0.2) is 0 Å². The van der Waals surface area contributed by atoms with Crippen molar-refractivity contribution in [1.82, 2.24) is 5.32 Å². The zero-order valence-corrected chi connectivity index (χ0v) is 14.7. The van der Waals surface area contributed by atoms with Gasteiger partial charge in [-0.1, -0.05) is 18.6 Å². The Morgan fingerprint density at radius 1 is 1.16 bits per heavy atom. The molecule has 1 aliphatic heterocycles. The molecule has 1 aliphatic carbocycles. The number of hydrogen-bond acceptors (Lipinski definition) is 3. The maximum Gasteiger partial charge on any atom is 0.253 e. The van der Waals surface area contributed by atoms with Crippen molar-refractivity contribution in [3.8, 4) is 0 Å². The molecule has 1 heterocycles. The van der Waals surface area contributed by atoms with Gasteiger partial charge in [-0.2, -0.15) is 0 Å². The number of amides is 2. The summed E-state index contributed by atoms with van der Waals surface area (Å²) >= 11 is 0. The van der Waals surface area contributed by atoms with E-state index in [1.54, 1.807) is 12.1 Å². The maximum absolute atomic E-state index is 12.5. The monoisotopic (exact) mass is 346 g/mol. The number of nitrogens with one attached hydrogen (secondary N) is 3. The van der Waals surface area contributed by atoms with Crippen LogP contribution in [0.2, 0.25) is 0 Å². The molecule has 3 rings (SSSR count). The van der Waals surface area contributed by atoms with E-state index in [0.717, 1.165) is 58.5 Å². The summed E-state index contributed by atoms with van der Waals surface area (Å²) in [5.74, 6) is 0.0107. The molecule has 136 valence electrons. The zero-order valence-electron chi connectivity index (χ0n) is 14.7. The number of carbonyl (C=O) groups excluding carboxylic acids is 2. The Labute approximate surface area is 148 Å². The van der Waals surface area contributed by atoms with Gasteiger partial charge in [0.2, 0.25) is 5.91 Å². The summed E-state index contributed by atoms with van der Waals surface area (Å²) in [6.45, 7) is 5.44. The van der Waals surface area contributed by atoms with E-state index in [0.29, 0.717) is 17.8 Å². The van der Waals surface area contributed by atoms with Crippen LogP contribution in [0.3, 0.4) is 0 Å². The van der Waals surface area contributed by atoms with Crippen molar-refractivity contribution < 1.29 is 19.2 Å². The highest BCUT2D eigenvalue weighted by atomic mass is 16.5. The second kappa shape index (κ2) is 8.97. The van der Waals surface area contributed by atoms with E-state index in [9.17, 15) is 9.59 Å². The molecule has 1 aromatic rings. The molecule has 3 N–H and O–H groups in total. The van der Waals surface area contributed by atoms with Crippen LogP contribution in [-0.4, -0.2) is 51.2 Å². The highest BCUT2D eigenvalue weighted by molar-refractivity contribution is 6.04. The first kappa shape index (κ1) is 17.9. The molecule has 0 aromatic heterocycles. The molecular formula is C19H28N3O3+. The van der Waals surface area contributed by atoms with Crippen molar-refractivity contribution in [1.29, 1.82) is 0 Å². The van der Waals surface area contributed by atoms with Crippen LogP contribution in [0.5, 0.6) is 0 Å². The van der Waals surface area contributed by atoms with Gasteiger partial charge in [-0.3, -0.25) is 9.59 Å². The Kier molecular flexibility index (Phi) is 6.42. The van der Waals surface area contributed by atoms with Gasteiger partial charge in [0.1, 0.15) is 13.1 Å². The Bertz CT molecular complexity index is 595. The predicted octanol–water partition coefficient (Wildman–Crippen LogP) is 0.460. The molecule has 0 bridgehead atoms.